The van der Waals surface area contributed by atoms with Crippen molar-refractivity contribution < 1.29 is 9.53 Å². The van der Waals surface area contributed by atoms with Gasteiger partial charge in [0.15, 0.2) is 5.69 Å². The molecule has 2 heterocycles. The molecule has 0 saturated carbocycles. The Morgan fingerprint density at radius 2 is 2.41 bits per heavy atom. The largest absolute Gasteiger partial charge is 0.461 e. The maximum atomic E-state index is 11.5. The maximum absolute atomic E-state index is 11.5. The average molecular weight is 252 g/mol. The number of carbonyl (C=O) groups excluding carboxylic acids is 1. The minimum atomic E-state index is -0.430. The fourth-order valence-electron chi connectivity index (χ4n) is 1.37. The second kappa shape index (κ2) is 5.05. The van der Waals surface area contributed by atoms with Gasteiger partial charge in [-0.3, -0.25) is 4.98 Å². The fraction of sp³-hybridized carbons (Fsp3) is 0.400. The number of aromatic nitrogens is 4. The molecule has 2 aromatic heterocycles. The Morgan fingerprint density at radius 3 is 3.06 bits per heavy atom. The van der Waals surface area contributed by atoms with E-state index in [4.69, 9.17) is 4.74 Å². The van der Waals surface area contributed by atoms with Gasteiger partial charge in [-0.2, -0.15) is 0 Å². The molecule has 0 bridgehead atoms. The Labute approximate surface area is 102 Å². The third kappa shape index (κ3) is 2.50. The van der Waals surface area contributed by atoms with Crippen molar-refractivity contribution in [3.63, 3.8) is 0 Å². The van der Waals surface area contributed by atoms with Crippen molar-refractivity contribution in [2.24, 2.45) is 0 Å². The molecule has 0 aromatic carbocycles. The lowest BCUT2D eigenvalue weighted by molar-refractivity contribution is 0.0518. The molecule has 2 aromatic rings. The summed E-state index contributed by atoms with van der Waals surface area (Å²) in [6.45, 7) is 4.46. The standard InChI is InChI=1S/C10H12N4O2S/c1-3-16-10(15)9-7(2)14(13-12-9)5-8-4-11-6-17-8/h4,6H,3,5H2,1-2H3. The van der Waals surface area contributed by atoms with Crippen molar-refractivity contribution in [3.8, 4) is 0 Å². The number of hydrogen-bond acceptors (Lipinski definition) is 6. The van der Waals surface area contributed by atoms with Crippen LogP contribution in [0.4, 0.5) is 0 Å². The summed E-state index contributed by atoms with van der Waals surface area (Å²) in [4.78, 5) is 16.6. The molecular formula is C10H12N4O2S. The Bertz CT molecular complexity index is 506. The Hall–Kier alpha value is -1.76. The zero-order valence-electron chi connectivity index (χ0n) is 9.58. The molecule has 0 spiro atoms. The third-order valence-electron chi connectivity index (χ3n) is 2.24. The summed E-state index contributed by atoms with van der Waals surface area (Å²) in [7, 11) is 0. The Kier molecular flexibility index (Phi) is 3.48. The molecule has 0 atom stereocenters. The molecule has 0 saturated heterocycles. The second-order valence-corrected chi connectivity index (χ2v) is 4.34. The van der Waals surface area contributed by atoms with Crippen LogP contribution < -0.4 is 0 Å². The Balaban J connectivity index is 2.18. The van der Waals surface area contributed by atoms with Gasteiger partial charge in [-0.05, 0) is 13.8 Å². The van der Waals surface area contributed by atoms with E-state index in [-0.39, 0.29) is 5.69 Å². The van der Waals surface area contributed by atoms with Gasteiger partial charge >= 0.3 is 5.97 Å². The summed E-state index contributed by atoms with van der Waals surface area (Å²) in [5, 5.41) is 7.78. The van der Waals surface area contributed by atoms with Crippen LogP contribution in [-0.2, 0) is 11.3 Å². The molecule has 17 heavy (non-hydrogen) atoms. The molecule has 0 radical (unpaired) electrons. The van der Waals surface area contributed by atoms with Crippen molar-refractivity contribution in [1.29, 1.82) is 0 Å². The van der Waals surface area contributed by atoms with E-state index in [1.165, 1.54) is 11.3 Å². The molecule has 0 aliphatic carbocycles. The normalized spacial score (nSPS) is 10.5. The highest BCUT2D eigenvalue weighted by Crippen LogP contribution is 2.11. The monoisotopic (exact) mass is 252 g/mol. The van der Waals surface area contributed by atoms with E-state index in [1.807, 2.05) is 0 Å². The highest BCUT2D eigenvalue weighted by molar-refractivity contribution is 7.09. The molecule has 2 rings (SSSR count). The summed E-state index contributed by atoms with van der Waals surface area (Å²) >= 11 is 1.54. The lowest BCUT2D eigenvalue weighted by Crippen LogP contribution is -2.08. The molecule has 0 aliphatic rings. The van der Waals surface area contributed by atoms with Gasteiger partial charge in [-0.1, -0.05) is 5.21 Å². The molecular weight excluding hydrogens is 240 g/mol. The van der Waals surface area contributed by atoms with E-state index in [9.17, 15) is 4.79 Å². The van der Waals surface area contributed by atoms with E-state index >= 15 is 0 Å². The number of thiazole rings is 1. The predicted octanol–water partition coefficient (Wildman–Crippen LogP) is 1.27. The van der Waals surface area contributed by atoms with Gasteiger partial charge in [0.05, 0.1) is 24.4 Å². The summed E-state index contributed by atoms with van der Waals surface area (Å²) in [5.41, 5.74) is 2.74. The zero-order valence-corrected chi connectivity index (χ0v) is 10.4. The molecule has 0 unspecified atom stereocenters. The molecule has 0 amide bonds. The van der Waals surface area contributed by atoms with E-state index in [0.29, 0.717) is 18.8 Å². The fourth-order valence-corrected chi connectivity index (χ4v) is 1.94. The first-order valence-corrected chi connectivity index (χ1v) is 6.05. The molecule has 6 nitrogen and oxygen atoms in total. The van der Waals surface area contributed by atoms with Gasteiger partial charge < -0.3 is 4.74 Å². The SMILES string of the molecule is CCOC(=O)c1nnn(Cc2cncs2)c1C. The number of hydrogen-bond donors (Lipinski definition) is 0. The van der Waals surface area contributed by atoms with E-state index in [2.05, 4.69) is 15.3 Å². The lowest BCUT2D eigenvalue weighted by atomic mass is 10.3. The lowest BCUT2D eigenvalue weighted by Gasteiger charge is -2.01. The van der Waals surface area contributed by atoms with Crippen LogP contribution in [0.2, 0.25) is 0 Å². The van der Waals surface area contributed by atoms with Gasteiger partial charge in [0.1, 0.15) is 0 Å². The van der Waals surface area contributed by atoms with Crippen LogP contribution in [0.3, 0.4) is 0 Å². The first-order chi connectivity index (χ1) is 8.22. The topological polar surface area (TPSA) is 69.9 Å². The van der Waals surface area contributed by atoms with Crippen molar-refractivity contribution in [3.05, 3.63) is 28.0 Å². The van der Waals surface area contributed by atoms with Gasteiger partial charge in [-0.25, -0.2) is 9.48 Å². The van der Waals surface area contributed by atoms with Crippen molar-refractivity contribution in [1.82, 2.24) is 20.0 Å². The zero-order chi connectivity index (χ0) is 12.3. The number of ether oxygens (including phenoxy) is 1. The molecule has 7 heteroatoms. The minimum Gasteiger partial charge on any atom is -0.461 e. The van der Waals surface area contributed by atoms with Crippen LogP contribution in [-0.4, -0.2) is 32.6 Å². The van der Waals surface area contributed by atoms with Crippen LogP contribution in [0.25, 0.3) is 0 Å². The highest BCUT2D eigenvalue weighted by atomic mass is 32.1. The van der Waals surface area contributed by atoms with Gasteiger partial charge in [-0.15, -0.1) is 16.4 Å². The molecule has 90 valence electrons. The summed E-state index contributed by atoms with van der Waals surface area (Å²) < 4.78 is 6.56. The Morgan fingerprint density at radius 1 is 1.59 bits per heavy atom. The summed E-state index contributed by atoms with van der Waals surface area (Å²) in [6.07, 6.45) is 1.77. The van der Waals surface area contributed by atoms with Crippen LogP contribution in [0.15, 0.2) is 11.7 Å². The first-order valence-electron chi connectivity index (χ1n) is 5.17. The van der Waals surface area contributed by atoms with Crippen molar-refractivity contribution in [2.45, 2.75) is 20.4 Å². The molecule has 0 N–H and O–H groups in total. The van der Waals surface area contributed by atoms with Crippen molar-refractivity contribution >= 4 is 17.3 Å². The van der Waals surface area contributed by atoms with E-state index in [1.54, 1.807) is 30.2 Å². The quantitative estimate of drug-likeness (QED) is 0.766. The first kappa shape index (κ1) is 11.7. The maximum Gasteiger partial charge on any atom is 0.360 e. The smallest absolute Gasteiger partial charge is 0.360 e. The minimum absolute atomic E-state index is 0.274. The highest BCUT2D eigenvalue weighted by Gasteiger charge is 2.17. The van der Waals surface area contributed by atoms with Gasteiger partial charge in [0.25, 0.3) is 0 Å². The van der Waals surface area contributed by atoms with Crippen molar-refractivity contribution in [2.75, 3.05) is 6.61 Å². The third-order valence-corrected chi connectivity index (χ3v) is 3.00. The predicted molar refractivity (Wildman–Crippen MR) is 61.9 cm³/mol. The van der Waals surface area contributed by atoms with Gasteiger partial charge in [0, 0.05) is 11.1 Å². The van der Waals surface area contributed by atoms with Crippen LogP contribution in [0.1, 0.15) is 28.0 Å². The van der Waals surface area contributed by atoms with Gasteiger partial charge in [0.2, 0.25) is 0 Å². The number of rotatable bonds is 4. The van der Waals surface area contributed by atoms with E-state index < -0.39 is 5.97 Å². The summed E-state index contributed by atoms with van der Waals surface area (Å²) in [5.74, 6) is -0.430. The molecule has 0 fully saturated rings. The van der Waals surface area contributed by atoms with Crippen LogP contribution in [0.5, 0.6) is 0 Å². The number of nitrogens with zero attached hydrogens (tertiary/aromatic N) is 4. The molecule has 0 aliphatic heterocycles. The second-order valence-electron chi connectivity index (χ2n) is 3.37. The van der Waals surface area contributed by atoms with E-state index in [0.717, 1.165) is 4.88 Å². The number of esters is 1. The van der Waals surface area contributed by atoms with Crippen LogP contribution >= 0.6 is 11.3 Å². The average Bonchev–Trinajstić information content (AvgIpc) is 2.91. The summed E-state index contributed by atoms with van der Waals surface area (Å²) in [6, 6.07) is 0. The van der Waals surface area contributed by atoms with Crippen LogP contribution in [0, 0.1) is 6.92 Å². The number of carbonyl (C=O) groups is 1.